The lowest BCUT2D eigenvalue weighted by Gasteiger charge is -2.12. The van der Waals surface area contributed by atoms with Crippen LogP contribution in [0, 0.1) is 0 Å². The predicted molar refractivity (Wildman–Crippen MR) is 151 cm³/mol. The Morgan fingerprint density at radius 1 is 0.846 bits per heavy atom. The number of rotatable bonds is 13. The number of aliphatic hydroxyl groups is 1. The SMILES string of the molecule is CC(=O)Nc1ccc(CC(O)Nc2nnc(CCCCc3ccc(NC(=O)Cc4ccccc4)nn3)s2)cc1. The second-order valence-corrected chi connectivity index (χ2v) is 10.1. The minimum atomic E-state index is -0.804. The number of carbonyl (C=O) groups excluding carboxylic acids is 2. The largest absolute Gasteiger partial charge is 0.373 e. The minimum absolute atomic E-state index is 0.124. The summed E-state index contributed by atoms with van der Waals surface area (Å²) in [7, 11) is 0. The van der Waals surface area contributed by atoms with Crippen LogP contribution in [0.1, 0.15) is 41.6 Å². The number of unbranched alkanes of at least 4 members (excludes halogenated alkanes) is 1. The summed E-state index contributed by atoms with van der Waals surface area (Å²) >= 11 is 1.43. The number of aryl methyl sites for hydroxylation is 2. The number of nitrogens with one attached hydrogen (secondary N) is 3. The Bertz CT molecular complexity index is 1350. The molecule has 11 heteroatoms. The van der Waals surface area contributed by atoms with Crippen LogP contribution in [0.5, 0.6) is 0 Å². The molecule has 10 nitrogen and oxygen atoms in total. The first-order valence-electron chi connectivity index (χ1n) is 12.7. The summed E-state index contributed by atoms with van der Waals surface area (Å²) in [6.45, 7) is 1.46. The van der Waals surface area contributed by atoms with Gasteiger partial charge in [-0.2, -0.15) is 5.10 Å². The smallest absolute Gasteiger partial charge is 0.229 e. The molecular weight excluding hydrogens is 514 g/mol. The van der Waals surface area contributed by atoms with E-state index in [2.05, 4.69) is 36.3 Å². The fourth-order valence-corrected chi connectivity index (χ4v) is 4.70. The normalized spacial score (nSPS) is 11.5. The van der Waals surface area contributed by atoms with Crippen molar-refractivity contribution in [3.05, 3.63) is 88.6 Å². The highest BCUT2D eigenvalue weighted by molar-refractivity contribution is 7.15. The molecule has 1 atom stereocenters. The van der Waals surface area contributed by atoms with E-state index < -0.39 is 6.23 Å². The molecule has 39 heavy (non-hydrogen) atoms. The molecule has 2 aromatic heterocycles. The Labute approximate surface area is 230 Å². The first-order valence-corrected chi connectivity index (χ1v) is 13.5. The maximum Gasteiger partial charge on any atom is 0.229 e. The molecule has 4 rings (SSSR count). The van der Waals surface area contributed by atoms with E-state index in [0.29, 0.717) is 23.8 Å². The highest BCUT2D eigenvalue weighted by atomic mass is 32.1. The van der Waals surface area contributed by atoms with Crippen LogP contribution in [0.15, 0.2) is 66.7 Å². The van der Waals surface area contributed by atoms with E-state index >= 15 is 0 Å². The maximum atomic E-state index is 12.2. The van der Waals surface area contributed by atoms with Gasteiger partial charge in [0.15, 0.2) is 5.82 Å². The van der Waals surface area contributed by atoms with Crippen LogP contribution in [0.2, 0.25) is 0 Å². The van der Waals surface area contributed by atoms with Gasteiger partial charge in [0.05, 0.1) is 12.1 Å². The molecule has 4 N–H and O–H groups in total. The molecule has 4 aromatic rings. The Balaban J connectivity index is 1.14. The Morgan fingerprint density at radius 2 is 1.62 bits per heavy atom. The molecule has 0 saturated carbocycles. The van der Waals surface area contributed by atoms with Crippen molar-refractivity contribution >= 4 is 39.8 Å². The highest BCUT2D eigenvalue weighted by Crippen LogP contribution is 2.19. The third-order valence-corrected chi connectivity index (χ3v) is 6.64. The molecule has 0 saturated heterocycles. The molecule has 0 radical (unpaired) electrons. The summed E-state index contributed by atoms with van der Waals surface area (Å²) in [4.78, 5) is 23.3. The number of anilines is 3. The highest BCUT2D eigenvalue weighted by Gasteiger charge is 2.11. The summed E-state index contributed by atoms with van der Waals surface area (Å²) in [5.41, 5.74) is 3.46. The second-order valence-electron chi connectivity index (χ2n) is 9.07. The summed E-state index contributed by atoms with van der Waals surface area (Å²) in [6, 6.07) is 20.5. The summed E-state index contributed by atoms with van der Waals surface area (Å²) in [5, 5.41) is 37.0. The molecule has 0 fully saturated rings. The van der Waals surface area contributed by atoms with Crippen LogP contribution in [0.25, 0.3) is 0 Å². The van der Waals surface area contributed by atoms with Crippen molar-refractivity contribution in [3.8, 4) is 0 Å². The van der Waals surface area contributed by atoms with Crippen LogP contribution in [-0.2, 0) is 35.3 Å². The zero-order chi connectivity index (χ0) is 27.5. The van der Waals surface area contributed by atoms with Gasteiger partial charge in [-0.05, 0) is 54.7 Å². The molecule has 0 aliphatic heterocycles. The van der Waals surface area contributed by atoms with Crippen molar-refractivity contribution < 1.29 is 14.7 Å². The van der Waals surface area contributed by atoms with Crippen molar-refractivity contribution in [2.75, 3.05) is 16.0 Å². The number of aliphatic hydroxyl groups excluding tert-OH is 1. The average Bonchev–Trinajstić information content (AvgIpc) is 3.36. The molecule has 2 aromatic carbocycles. The van der Waals surface area contributed by atoms with Gasteiger partial charge in [-0.15, -0.1) is 15.3 Å². The van der Waals surface area contributed by atoms with Crippen LogP contribution in [0.4, 0.5) is 16.6 Å². The Morgan fingerprint density at radius 3 is 2.33 bits per heavy atom. The van der Waals surface area contributed by atoms with E-state index in [9.17, 15) is 14.7 Å². The van der Waals surface area contributed by atoms with Gasteiger partial charge in [-0.25, -0.2) is 0 Å². The van der Waals surface area contributed by atoms with Gasteiger partial charge in [-0.1, -0.05) is 53.8 Å². The molecule has 0 aliphatic rings. The van der Waals surface area contributed by atoms with Crippen molar-refractivity contribution in [2.24, 2.45) is 0 Å². The Kier molecular flexibility index (Phi) is 10.0. The molecule has 0 spiro atoms. The molecule has 1 unspecified atom stereocenters. The molecule has 202 valence electrons. The van der Waals surface area contributed by atoms with Gasteiger partial charge in [0, 0.05) is 25.5 Å². The molecule has 2 amide bonds. The van der Waals surface area contributed by atoms with Gasteiger partial charge < -0.3 is 21.1 Å². The number of hydrogen-bond acceptors (Lipinski definition) is 9. The number of amides is 2. The second kappa shape index (κ2) is 14.1. The topological polar surface area (TPSA) is 142 Å². The van der Waals surface area contributed by atoms with E-state index in [1.54, 1.807) is 18.2 Å². The van der Waals surface area contributed by atoms with E-state index in [4.69, 9.17) is 0 Å². The lowest BCUT2D eigenvalue weighted by atomic mass is 10.1. The number of carbonyl (C=O) groups is 2. The van der Waals surface area contributed by atoms with Gasteiger partial charge in [0.25, 0.3) is 0 Å². The van der Waals surface area contributed by atoms with Crippen LogP contribution < -0.4 is 16.0 Å². The number of hydrogen-bond donors (Lipinski definition) is 4. The molecule has 0 aliphatic carbocycles. The zero-order valence-electron chi connectivity index (χ0n) is 21.6. The van der Waals surface area contributed by atoms with Crippen molar-refractivity contribution in [1.29, 1.82) is 0 Å². The lowest BCUT2D eigenvalue weighted by molar-refractivity contribution is -0.116. The Hall–Kier alpha value is -4.22. The van der Waals surface area contributed by atoms with Gasteiger partial charge in [0.2, 0.25) is 16.9 Å². The summed E-state index contributed by atoms with van der Waals surface area (Å²) < 4.78 is 0. The third-order valence-electron chi connectivity index (χ3n) is 5.73. The number of nitrogens with zero attached hydrogens (tertiary/aromatic N) is 4. The maximum absolute atomic E-state index is 12.2. The third kappa shape index (κ3) is 9.55. The van der Waals surface area contributed by atoms with Gasteiger partial charge >= 0.3 is 0 Å². The summed E-state index contributed by atoms with van der Waals surface area (Å²) in [6.07, 6.45) is 3.26. The fourth-order valence-electron chi connectivity index (χ4n) is 3.87. The standard InChI is InChI=1S/C28H31N7O3S/c1-19(36)29-22-13-11-21(12-14-22)18-26(38)31-28-35-34-27(39-28)10-6-5-9-23-15-16-24(33-32-23)30-25(37)17-20-7-3-2-4-8-20/h2-4,7-8,11-16,26,38H,5-6,9-10,17-18H2,1H3,(H,29,36)(H,31,35)(H,30,33,37). The van der Waals surface area contributed by atoms with E-state index in [1.165, 1.54) is 18.3 Å². The predicted octanol–water partition coefficient (Wildman–Crippen LogP) is 4.01. The molecule has 2 heterocycles. The molecular formula is C28H31N7O3S. The van der Waals surface area contributed by atoms with Crippen molar-refractivity contribution in [1.82, 2.24) is 20.4 Å². The minimum Gasteiger partial charge on any atom is -0.373 e. The van der Waals surface area contributed by atoms with Crippen LogP contribution >= 0.6 is 11.3 Å². The van der Waals surface area contributed by atoms with Gasteiger partial charge in [-0.3, -0.25) is 9.59 Å². The van der Waals surface area contributed by atoms with Crippen LogP contribution in [0.3, 0.4) is 0 Å². The summed E-state index contributed by atoms with van der Waals surface area (Å²) in [5.74, 6) is 0.192. The average molecular weight is 546 g/mol. The lowest BCUT2D eigenvalue weighted by Crippen LogP contribution is -2.21. The van der Waals surface area contributed by atoms with E-state index in [1.807, 2.05) is 48.5 Å². The molecule has 0 bridgehead atoms. The van der Waals surface area contributed by atoms with Gasteiger partial charge in [0.1, 0.15) is 11.2 Å². The number of benzene rings is 2. The fraction of sp³-hybridized carbons (Fsp3) is 0.286. The van der Waals surface area contributed by atoms with Crippen molar-refractivity contribution in [3.63, 3.8) is 0 Å². The monoisotopic (exact) mass is 545 g/mol. The van der Waals surface area contributed by atoms with E-state index in [-0.39, 0.29) is 11.8 Å². The first-order chi connectivity index (χ1) is 18.9. The first kappa shape index (κ1) is 27.8. The zero-order valence-corrected chi connectivity index (χ0v) is 22.4. The quantitative estimate of drug-likeness (QED) is 0.146. The van der Waals surface area contributed by atoms with Crippen molar-refractivity contribution in [2.45, 2.75) is 51.7 Å². The van der Waals surface area contributed by atoms with E-state index in [0.717, 1.165) is 53.2 Å². The number of aromatic nitrogens is 4. The van der Waals surface area contributed by atoms with Crippen LogP contribution in [-0.4, -0.2) is 43.5 Å².